The van der Waals surface area contributed by atoms with Gasteiger partial charge in [-0.3, -0.25) is 4.79 Å². The van der Waals surface area contributed by atoms with Crippen LogP contribution in [0.1, 0.15) is 0 Å². The van der Waals surface area contributed by atoms with Crippen LogP contribution in [0.3, 0.4) is 0 Å². The summed E-state index contributed by atoms with van der Waals surface area (Å²) in [6.45, 7) is 0. The van der Waals surface area contributed by atoms with Crippen LogP contribution in [0.2, 0.25) is 0 Å². The molecular weight excluding hydrogens is 410 g/mol. The van der Waals surface area contributed by atoms with E-state index in [2.05, 4.69) is 19.9 Å². The summed E-state index contributed by atoms with van der Waals surface area (Å²) < 4.78 is 0. The third-order valence-electron chi connectivity index (χ3n) is 1.22. The summed E-state index contributed by atoms with van der Waals surface area (Å²) in [7, 11) is 0. The van der Waals surface area contributed by atoms with Crippen molar-refractivity contribution in [3.8, 4) is 0 Å². The van der Waals surface area contributed by atoms with Crippen LogP contribution in [-0.2, 0) is 19.5 Å². The minimum Gasteiger partial charge on any atom is -1.00 e. The van der Waals surface area contributed by atoms with Gasteiger partial charge in [0, 0.05) is 0 Å². The van der Waals surface area contributed by atoms with Gasteiger partial charge in [0.05, 0.1) is 12.7 Å². The van der Waals surface area contributed by atoms with Crippen molar-refractivity contribution in [1.82, 2.24) is 19.9 Å². The second kappa shape index (κ2) is 22.8. The number of hydrogen-bond acceptors (Lipinski definition) is 3. The molecular formula is C5H14Cl3N9ORu. The van der Waals surface area contributed by atoms with Crippen molar-refractivity contribution in [3.05, 3.63) is 53.8 Å². The van der Waals surface area contributed by atoms with E-state index in [4.69, 9.17) is 0 Å². The standard InChI is InChI=1S/C5H4N4O.3ClH.5H2N.Ru/c10-5-3-4(7-1-6-3)8-2-9-5;;;;;;;;;/h1-2H,(H2,6,7,8,9,10);3*1H;5*1H2;/q;;;;5*-1;+8/p-3. The van der Waals surface area contributed by atoms with Gasteiger partial charge in [-0.25, -0.2) is 9.97 Å². The van der Waals surface area contributed by atoms with Gasteiger partial charge in [0.1, 0.15) is 0 Å². The van der Waals surface area contributed by atoms with Gasteiger partial charge in [-0.2, -0.15) is 0 Å². The van der Waals surface area contributed by atoms with Gasteiger partial charge in [-0.15, -0.1) is 0 Å². The molecule has 0 fully saturated rings. The molecule has 0 bridgehead atoms. The zero-order chi connectivity index (χ0) is 6.97. The summed E-state index contributed by atoms with van der Waals surface area (Å²) in [5.41, 5.74) is 0.650. The van der Waals surface area contributed by atoms with Crippen molar-refractivity contribution in [2.75, 3.05) is 0 Å². The van der Waals surface area contributed by atoms with Crippen LogP contribution in [0.25, 0.3) is 41.9 Å². The number of nitrogens with zero attached hydrogens (tertiary/aromatic N) is 2. The molecule has 0 radical (unpaired) electrons. The number of rotatable bonds is 0. The number of aromatic nitrogens is 4. The van der Waals surface area contributed by atoms with Crippen LogP contribution in [0.4, 0.5) is 0 Å². The Morgan fingerprint density at radius 2 is 1.21 bits per heavy atom. The molecule has 0 aromatic carbocycles. The van der Waals surface area contributed by atoms with Gasteiger partial charge in [-0.1, -0.05) is 0 Å². The Balaban J connectivity index is -0.0000000224. The molecule has 14 heteroatoms. The first-order valence-corrected chi connectivity index (χ1v) is 2.75. The maximum Gasteiger partial charge on any atom is 8.00 e. The normalized spacial score (nSPS) is 5.47. The van der Waals surface area contributed by atoms with Crippen molar-refractivity contribution in [2.45, 2.75) is 0 Å². The molecule has 2 aromatic heterocycles. The van der Waals surface area contributed by atoms with Crippen molar-refractivity contribution in [1.29, 1.82) is 0 Å². The van der Waals surface area contributed by atoms with Crippen molar-refractivity contribution >= 4 is 11.2 Å². The predicted octanol–water partition coefficient (Wildman–Crippen LogP) is -5.76. The van der Waals surface area contributed by atoms with Crippen LogP contribution in [0.15, 0.2) is 17.4 Å². The summed E-state index contributed by atoms with van der Waals surface area (Å²) in [5, 5.41) is 0. The number of aromatic amines is 2. The number of imidazole rings is 1. The largest absolute Gasteiger partial charge is 8.00 e. The Morgan fingerprint density at radius 1 is 0.789 bits per heavy atom. The molecule has 0 amide bonds. The fourth-order valence-electron chi connectivity index (χ4n) is 0.776. The van der Waals surface area contributed by atoms with Gasteiger partial charge in [-0.05, 0) is 0 Å². The second-order valence-corrected chi connectivity index (χ2v) is 1.83. The van der Waals surface area contributed by atoms with Gasteiger partial charge in [0.15, 0.2) is 11.2 Å². The minimum absolute atomic E-state index is 0. The molecule has 0 aliphatic rings. The molecule has 0 aliphatic carbocycles. The fraction of sp³-hybridized carbons (Fsp3) is 0. The van der Waals surface area contributed by atoms with E-state index in [-0.39, 0.29) is 93.0 Å². The van der Waals surface area contributed by atoms with Gasteiger partial charge >= 0.3 is 19.5 Å². The third-order valence-corrected chi connectivity index (χ3v) is 1.22. The minimum atomic E-state index is -0.216. The Kier molecular flexibility index (Phi) is 61.5. The summed E-state index contributed by atoms with van der Waals surface area (Å²) in [5.74, 6) is 0. The van der Waals surface area contributed by atoms with E-state index in [1.165, 1.54) is 12.7 Å². The number of fused-ring (bicyclic) bond motifs is 1. The zero-order valence-electron chi connectivity index (χ0n) is 9.33. The van der Waals surface area contributed by atoms with E-state index in [9.17, 15) is 4.79 Å². The van der Waals surface area contributed by atoms with Crippen LogP contribution < -0.4 is 42.8 Å². The molecule has 12 N–H and O–H groups in total. The van der Waals surface area contributed by atoms with Gasteiger partial charge in [0.2, 0.25) is 0 Å². The summed E-state index contributed by atoms with van der Waals surface area (Å²) >= 11 is 0. The molecule has 0 atom stereocenters. The van der Waals surface area contributed by atoms with E-state index in [0.29, 0.717) is 11.2 Å². The molecule has 114 valence electrons. The zero-order valence-corrected chi connectivity index (χ0v) is 13.3. The Labute approximate surface area is 141 Å². The van der Waals surface area contributed by atoms with Gasteiger partial charge < -0.3 is 77.9 Å². The van der Waals surface area contributed by atoms with Gasteiger partial charge in [0.25, 0.3) is 5.56 Å². The number of nitrogens with one attached hydrogen (secondary N) is 2. The monoisotopic (exact) mass is 423 g/mol. The van der Waals surface area contributed by atoms with Crippen LogP contribution in [-0.4, -0.2) is 19.9 Å². The van der Waals surface area contributed by atoms with E-state index in [1.807, 2.05) is 0 Å². The maximum absolute atomic E-state index is 10.9. The SMILES string of the molecule is O=c1[nH]cnc2[nH]cnc12.[Cl-].[Cl-].[Cl-].[NH2-].[NH2-].[NH2-].[NH2-].[NH2-].[Ru+8]. The molecule has 0 saturated heterocycles. The molecule has 0 unspecified atom stereocenters. The smallest absolute Gasteiger partial charge is 1.00 e. The van der Waals surface area contributed by atoms with E-state index >= 15 is 0 Å². The average Bonchev–Trinajstić information content (AvgIpc) is 2.36. The molecule has 10 nitrogen and oxygen atoms in total. The number of hydrogen-bond donors (Lipinski definition) is 2. The van der Waals surface area contributed by atoms with Crippen molar-refractivity contribution in [3.63, 3.8) is 0 Å². The van der Waals surface area contributed by atoms with Crippen molar-refractivity contribution < 1.29 is 56.7 Å². The Bertz CT molecular complexity index is 423. The first-order valence-electron chi connectivity index (χ1n) is 2.75. The topological polar surface area (TPSA) is 242 Å². The number of nitrogens with two attached hydrogens (primary N) is 5. The third kappa shape index (κ3) is 11.2. The van der Waals surface area contributed by atoms with Crippen molar-refractivity contribution in [2.24, 2.45) is 0 Å². The fourth-order valence-corrected chi connectivity index (χ4v) is 0.776. The number of halogens is 3. The van der Waals surface area contributed by atoms with Crippen LogP contribution >= 0.6 is 0 Å². The van der Waals surface area contributed by atoms with E-state index in [1.54, 1.807) is 0 Å². The molecule has 0 aliphatic heterocycles. The summed E-state index contributed by atoms with van der Waals surface area (Å²) in [6.07, 6.45) is 2.77. The Hall–Kier alpha value is -0.357. The van der Waals surface area contributed by atoms with E-state index < -0.39 is 0 Å². The maximum atomic E-state index is 10.9. The molecule has 19 heavy (non-hydrogen) atoms. The first kappa shape index (κ1) is 51.2. The second-order valence-electron chi connectivity index (χ2n) is 1.83. The van der Waals surface area contributed by atoms with Crippen LogP contribution in [0, 0.1) is 0 Å². The average molecular weight is 424 g/mol. The molecule has 0 spiro atoms. The molecule has 2 heterocycles. The van der Waals surface area contributed by atoms with Crippen LogP contribution in [0.5, 0.6) is 0 Å². The molecule has 2 aromatic rings. The quantitative estimate of drug-likeness (QED) is 0.393. The molecule has 0 saturated carbocycles. The van der Waals surface area contributed by atoms with E-state index in [0.717, 1.165) is 0 Å². The summed E-state index contributed by atoms with van der Waals surface area (Å²) in [6, 6.07) is 0. The first-order chi connectivity index (χ1) is 4.88. The predicted molar refractivity (Wildman–Crippen MR) is 60.9 cm³/mol. The summed E-state index contributed by atoms with van der Waals surface area (Å²) in [4.78, 5) is 23.6. The Morgan fingerprint density at radius 3 is 1.63 bits per heavy atom. The number of H-pyrrole nitrogens is 2. The molecule has 2 rings (SSSR count).